The molecular weight excluding hydrogens is 480 g/mol. The maximum absolute atomic E-state index is 13.0. The molecule has 164 valence electrons. The first-order valence-corrected chi connectivity index (χ1v) is 12.1. The quantitative estimate of drug-likeness (QED) is 0.650. The largest absolute Gasteiger partial charge is 0.393 e. The lowest BCUT2D eigenvalue weighted by Crippen LogP contribution is -2.47. The predicted octanol–water partition coefficient (Wildman–Crippen LogP) is 4.23. The molecule has 1 saturated heterocycles. The van der Waals surface area contributed by atoms with E-state index in [1.54, 1.807) is 18.5 Å². The Morgan fingerprint density at radius 3 is 2.77 bits per heavy atom. The van der Waals surface area contributed by atoms with Crippen LogP contribution in [0.1, 0.15) is 48.3 Å². The third kappa shape index (κ3) is 3.96. The van der Waals surface area contributed by atoms with E-state index in [0.29, 0.717) is 34.3 Å². The molecular formula is C23H26BrClN4O2. The molecule has 3 aliphatic carbocycles. The molecule has 3 heterocycles. The van der Waals surface area contributed by atoms with Gasteiger partial charge in [-0.2, -0.15) is 0 Å². The molecule has 4 fully saturated rings. The van der Waals surface area contributed by atoms with Crippen molar-refractivity contribution in [2.75, 3.05) is 18.0 Å². The van der Waals surface area contributed by atoms with E-state index in [1.165, 1.54) is 6.42 Å². The smallest absolute Gasteiger partial charge is 0.253 e. The van der Waals surface area contributed by atoms with E-state index in [9.17, 15) is 9.90 Å². The zero-order valence-corrected chi connectivity index (χ0v) is 19.7. The SMILES string of the molecule is CC(NC(=O)c1cc(N2C[C@@H]3[C@H]4CC[C@H](C[C@H]4O)[C@@H]3C2)ncc1Cl)c1ccc(Br)cn1. The summed E-state index contributed by atoms with van der Waals surface area (Å²) in [6.45, 7) is 3.72. The van der Waals surface area contributed by atoms with Crippen molar-refractivity contribution >= 4 is 39.3 Å². The lowest BCUT2D eigenvalue weighted by atomic mass is 9.58. The van der Waals surface area contributed by atoms with Gasteiger partial charge in [0.15, 0.2) is 0 Å². The van der Waals surface area contributed by atoms with Crippen LogP contribution in [0.3, 0.4) is 0 Å². The second-order valence-corrected chi connectivity index (χ2v) is 10.5. The molecule has 1 unspecified atom stereocenters. The molecule has 3 saturated carbocycles. The van der Waals surface area contributed by atoms with Gasteiger partial charge in [-0.05, 0) is 84.0 Å². The van der Waals surface area contributed by atoms with Crippen LogP contribution in [0.5, 0.6) is 0 Å². The van der Waals surface area contributed by atoms with Gasteiger partial charge in [-0.1, -0.05) is 11.6 Å². The van der Waals surface area contributed by atoms with E-state index in [4.69, 9.17) is 11.6 Å². The summed E-state index contributed by atoms with van der Waals surface area (Å²) < 4.78 is 0.892. The molecule has 2 aromatic heterocycles. The molecule has 0 spiro atoms. The molecule has 1 aliphatic heterocycles. The Morgan fingerprint density at radius 1 is 1.23 bits per heavy atom. The van der Waals surface area contributed by atoms with Crippen LogP contribution in [-0.2, 0) is 0 Å². The predicted molar refractivity (Wildman–Crippen MR) is 123 cm³/mol. The number of carbonyl (C=O) groups excluding carboxylic acids is 1. The van der Waals surface area contributed by atoms with Crippen molar-refractivity contribution in [3.05, 3.63) is 51.3 Å². The van der Waals surface area contributed by atoms with Crippen LogP contribution in [0, 0.1) is 23.7 Å². The molecule has 2 aromatic rings. The van der Waals surface area contributed by atoms with Gasteiger partial charge in [0, 0.05) is 30.0 Å². The molecule has 0 aromatic carbocycles. The number of carbonyl (C=O) groups is 1. The number of nitrogens with zero attached hydrogens (tertiary/aromatic N) is 3. The Bertz CT molecular complexity index is 988. The minimum atomic E-state index is -0.250. The molecule has 0 radical (unpaired) electrons. The molecule has 6 nitrogen and oxygen atoms in total. The number of pyridine rings is 2. The first kappa shape index (κ1) is 21.2. The summed E-state index contributed by atoms with van der Waals surface area (Å²) in [7, 11) is 0. The average molecular weight is 506 g/mol. The minimum Gasteiger partial charge on any atom is -0.393 e. The highest BCUT2D eigenvalue weighted by atomic mass is 79.9. The van der Waals surface area contributed by atoms with Crippen LogP contribution in [0.4, 0.5) is 5.82 Å². The van der Waals surface area contributed by atoms with Gasteiger partial charge in [0.1, 0.15) is 5.82 Å². The maximum atomic E-state index is 13.0. The number of anilines is 1. The number of rotatable bonds is 4. The number of halogens is 2. The number of nitrogens with one attached hydrogen (secondary N) is 1. The minimum absolute atomic E-state index is 0.159. The van der Waals surface area contributed by atoms with E-state index in [-0.39, 0.29) is 18.1 Å². The fourth-order valence-corrected chi connectivity index (χ4v) is 6.27. The third-order valence-electron chi connectivity index (χ3n) is 7.43. The summed E-state index contributed by atoms with van der Waals surface area (Å²) in [4.78, 5) is 24.1. The van der Waals surface area contributed by atoms with Crippen molar-refractivity contribution < 1.29 is 9.90 Å². The van der Waals surface area contributed by atoms with Crippen molar-refractivity contribution in [3.8, 4) is 0 Å². The molecule has 31 heavy (non-hydrogen) atoms. The summed E-state index contributed by atoms with van der Waals surface area (Å²) in [6, 6.07) is 5.33. The molecule has 6 atom stereocenters. The van der Waals surface area contributed by atoms with E-state index in [0.717, 1.165) is 41.9 Å². The van der Waals surface area contributed by atoms with E-state index in [2.05, 4.69) is 36.1 Å². The van der Waals surface area contributed by atoms with Crippen LogP contribution in [-0.4, -0.2) is 40.2 Å². The molecule has 1 amide bonds. The van der Waals surface area contributed by atoms with Crippen LogP contribution in [0.2, 0.25) is 5.02 Å². The Hall–Kier alpha value is -1.70. The van der Waals surface area contributed by atoms with E-state index in [1.807, 2.05) is 19.1 Å². The van der Waals surface area contributed by atoms with E-state index < -0.39 is 0 Å². The van der Waals surface area contributed by atoms with E-state index >= 15 is 0 Å². The van der Waals surface area contributed by atoms with Crippen molar-refractivity contribution in [1.29, 1.82) is 0 Å². The van der Waals surface area contributed by atoms with Gasteiger partial charge in [0.05, 0.1) is 28.4 Å². The summed E-state index contributed by atoms with van der Waals surface area (Å²) in [6.07, 6.45) is 6.41. The summed E-state index contributed by atoms with van der Waals surface area (Å²) in [5.74, 6) is 2.67. The number of aliphatic hydroxyl groups excluding tert-OH is 1. The molecule has 6 rings (SSSR count). The zero-order chi connectivity index (χ0) is 21.7. The van der Waals surface area contributed by atoms with Crippen molar-refractivity contribution in [3.63, 3.8) is 0 Å². The molecule has 4 aliphatic rings. The van der Waals surface area contributed by atoms with Crippen LogP contribution in [0.15, 0.2) is 35.1 Å². The number of fused-ring (bicyclic) bond motifs is 2. The van der Waals surface area contributed by atoms with Gasteiger partial charge >= 0.3 is 0 Å². The summed E-state index contributed by atoms with van der Waals surface area (Å²) >= 11 is 9.72. The average Bonchev–Trinajstić information content (AvgIpc) is 3.22. The Morgan fingerprint density at radius 2 is 2.03 bits per heavy atom. The Kier molecular flexibility index (Phi) is 5.69. The second-order valence-electron chi connectivity index (χ2n) is 9.16. The Labute approximate surface area is 195 Å². The number of amides is 1. The first-order valence-electron chi connectivity index (χ1n) is 10.9. The summed E-state index contributed by atoms with van der Waals surface area (Å²) in [5, 5.41) is 13.8. The molecule has 8 heteroatoms. The molecule has 2 N–H and O–H groups in total. The number of aliphatic hydroxyl groups is 1. The van der Waals surface area contributed by atoms with Crippen LogP contribution in [0.25, 0.3) is 0 Å². The number of hydrogen-bond acceptors (Lipinski definition) is 5. The molecule has 2 bridgehead atoms. The fourth-order valence-electron chi connectivity index (χ4n) is 5.85. The van der Waals surface area contributed by atoms with Crippen molar-refractivity contribution in [2.45, 2.75) is 38.3 Å². The first-order chi connectivity index (χ1) is 14.9. The van der Waals surface area contributed by atoms with Crippen molar-refractivity contribution in [1.82, 2.24) is 15.3 Å². The maximum Gasteiger partial charge on any atom is 0.253 e. The lowest BCUT2D eigenvalue weighted by Gasteiger charge is -2.47. The number of aromatic nitrogens is 2. The number of hydrogen-bond donors (Lipinski definition) is 2. The van der Waals surface area contributed by atoms with Gasteiger partial charge < -0.3 is 15.3 Å². The van der Waals surface area contributed by atoms with Gasteiger partial charge in [0.2, 0.25) is 0 Å². The standard InChI is InChI=1S/C23H26BrClN4O2/c1-12(20-5-3-14(24)8-26-20)28-23(31)16-7-22(27-9-19(16)25)29-10-17-13-2-4-15(18(17)11-29)21(30)6-13/h3,5,7-9,12-13,15,17-18,21,30H,2,4,6,10-11H2,1H3,(H,28,31)/t12?,13-,15-,17+,18-,21-/m1/s1. The lowest BCUT2D eigenvalue weighted by molar-refractivity contribution is -0.0574. The summed E-state index contributed by atoms with van der Waals surface area (Å²) in [5.41, 5.74) is 1.20. The Balaban J connectivity index is 1.32. The van der Waals surface area contributed by atoms with Gasteiger partial charge in [-0.3, -0.25) is 9.78 Å². The highest BCUT2D eigenvalue weighted by Gasteiger charge is 2.52. The van der Waals surface area contributed by atoms with Crippen molar-refractivity contribution in [2.24, 2.45) is 23.7 Å². The third-order valence-corrected chi connectivity index (χ3v) is 8.20. The monoisotopic (exact) mass is 504 g/mol. The van der Waals surface area contributed by atoms with Gasteiger partial charge in [-0.25, -0.2) is 4.98 Å². The highest BCUT2D eigenvalue weighted by Crippen LogP contribution is 2.52. The zero-order valence-electron chi connectivity index (χ0n) is 17.3. The second kappa shape index (κ2) is 8.34. The van der Waals surface area contributed by atoms with Gasteiger partial charge in [0.25, 0.3) is 5.91 Å². The van der Waals surface area contributed by atoms with Crippen LogP contribution < -0.4 is 10.2 Å². The topological polar surface area (TPSA) is 78.4 Å². The van der Waals surface area contributed by atoms with Crippen LogP contribution >= 0.6 is 27.5 Å². The fraction of sp³-hybridized carbons (Fsp3) is 0.522. The van der Waals surface area contributed by atoms with Gasteiger partial charge in [-0.15, -0.1) is 0 Å². The normalized spacial score (nSPS) is 30.2. The highest BCUT2D eigenvalue weighted by molar-refractivity contribution is 9.10.